The lowest BCUT2D eigenvalue weighted by Crippen LogP contribution is -2.43. The van der Waals surface area contributed by atoms with Gasteiger partial charge in [0.05, 0.1) is 4.47 Å². The van der Waals surface area contributed by atoms with Crippen LogP contribution < -0.4 is 10.1 Å². The molecule has 0 saturated heterocycles. The van der Waals surface area contributed by atoms with E-state index >= 15 is 0 Å². The van der Waals surface area contributed by atoms with Gasteiger partial charge in [-0.1, -0.05) is 51.4 Å². The molecule has 41 heavy (non-hydrogen) atoms. The number of amides is 1. The second kappa shape index (κ2) is 10.7. The highest BCUT2D eigenvalue weighted by molar-refractivity contribution is 9.10. The highest BCUT2D eigenvalue weighted by Crippen LogP contribution is 2.54. The van der Waals surface area contributed by atoms with Gasteiger partial charge < -0.3 is 15.0 Å². The quantitative estimate of drug-likeness (QED) is 0.362. The lowest BCUT2D eigenvalue weighted by Gasteiger charge is -2.47. The molecule has 1 aliphatic heterocycles. The van der Waals surface area contributed by atoms with Crippen LogP contribution in [0, 0.1) is 17.8 Å². The third-order valence-corrected chi connectivity index (χ3v) is 9.31. The van der Waals surface area contributed by atoms with Gasteiger partial charge in [0, 0.05) is 59.1 Å². The number of allylic oxidation sites excluding steroid dienone is 4. The van der Waals surface area contributed by atoms with Crippen LogP contribution in [0.2, 0.25) is 5.02 Å². The van der Waals surface area contributed by atoms with Crippen molar-refractivity contribution in [2.45, 2.75) is 66.2 Å². The Labute approximate surface area is 255 Å². The third-order valence-electron chi connectivity index (χ3n) is 8.28. The first kappa shape index (κ1) is 29.6. The Hall–Kier alpha value is -2.90. The van der Waals surface area contributed by atoms with Gasteiger partial charge >= 0.3 is 0 Å². The number of Topliss-reactive ketones (excluding diaryl/α,β-unsaturated/α-hetero) is 2. The van der Waals surface area contributed by atoms with E-state index < -0.39 is 5.92 Å². The van der Waals surface area contributed by atoms with Gasteiger partial charge in [0.1, 0.15) is 5.75 Å². The van der Waals surface area contributed by atoms with Crippen molar-refractivity contribution in [1.29, 1.82) is 0 Å². The fourth-order valence-electron chi connectivity index (χ4n) is 6.32. The lowest BCUT2D eigenvalue weighted by atomic mass is 9.64. The molecule has 1 amide bonds. The molecule has 1 heterocycles. The van der Waals surface area contributed by atoms with Gasteiger partial charge in [-0.3, -0.25) is 14.4 Å². The van der Waals surface area contributed by atoms with Crippen LogP contribution in [0.5, 0.6) is 5.75 Å². The Morgan fingerprint density at radius 1 is 0.976 bits per heavy atom. The van der Waals surface area contributed by atoms with E-state index in [1.54, 1.807) is 18.2 Å². The summed E-state index contributed by atoms with van der Waals surface area (Å²) in [5.41, 5.74) is 5.59. The molecule has 0 aromatic heterocycles. The molecule has 1 N–H and O–H groups in total. The molecular weight excluding hydrogens is 604 g/mol. The Morgan fingerprint density at radius 3 is 2.10 bits per heavy atom. The Balaban J connectivity index is 1.45. The molecule has 2 aromatic carbocycles. The summed E-state index contributed by atoms with van der Waals surface area (Å²) in [6.07, 6.45) is 2.44. The van der Waals surface area contributed by atoms with E-state index in [-0.39, 0.29) is 34.9 Å². The number of aryl methyl sites for hydroxylation is 1. The molecule has 0 saturated carbocycles. The number of halogens is 2. The maximum atomic E-state index is 13.7. The SMILES string of the molecule is Cc1ccc(NC(=O)COc2ccc(C3C4=C(CC(C)(C)CC4=O)N(C)C4=C3C(=O)CC(C)(C)C4)cc2Br)cc1Cl. The molecule has 0 unspecified atom stereocenters. The molecule has 0 spiro atoms. The second-order valence-electron chi connectivity index (χ2n) is 13.1. The molecule has 5 rings (SSSR count). The van der Waals surface area contributed by atoms with Crippen molar-refractivity contribution in [1.82, 2.24) is 4.90 Å². The van der Waals surface area contributed by atoms with E-state index in [1.165, 1.54) is 0 Å². The summed E-state index contributed by atoms with van der Waals surface area (Å²) in [4.78, 5) is 42.1. The number of nitrogens with one attached hydrogen (secondary N) is 1. The number of hydrogen-bond acceptors (Lipinski definition) is 5. The second-order valence-corrected chi connectivity index (χ2v) is 14.3. The van der Waals surface area contributed by atoms with Gasteiger partial charge in [0.15, 0.2) is 18.2 Å². The predicted octanol–water partition coefficient (Wildman–Crippen LogP) is 7.74. The van der Waals surface area contributed by atoms with Crippen molar-refractivity contribution in [2.24, 2.45) is 10.8 Å². The van der Waals surface area contributed by atoms with Gasteiger partial charge in [-0.15, -0.1) is 0 Å². The molecule has 0 bridgehead atoms. The van der Waals surface area contributed by atoms with Gasteiger partial charge in [0.2, 0.25) is 0 Å². The lowest BCUT2D eigenvalue weighted by molar-refractivity contribution is -0.120. The van der Waals surface area contributed by atoms with E-state index in [0.29, 0.717) is 33.8 Å². The third kappa shape index (κ3) is 5.89. The van der Waals surface area contributed by atoms with Crippen LogP contribution in [0.15, 0.2) is 63.4 Å². The number of hydrogen-bond donors (Lipinski definition) is 1. The zero-order valence-electron chi connectivity index (χ0n) is 24.4. The summed E-state index contributed by atoms with van der Waals surface area (Å²) >= 11 is 9.79. The number of carbonyl (C=O) groups excluding carboxylic acids is 3. The molecule has 0 fully saturated rings. The van der Waals surface area contributed by atoms with E-state index in [4.69, 9.17) is 16.3 Å². The van der Waals surface area contributed by atoms with Crippen molar-refractivity contribution in [2.75, 3.05) is 19.0 Å². The normalized spacial score (nSPS) is 20.1. The minimum Gasteiger partial charge on any atom is -0.483 e. The number of rotatable bonds is 5. The maximum absolute atomic E-state index is 13.7. The number of nitrogens with zero attached hydrogens (tertiary/aromatic N) is 1. The maximum Gasteiger partial charge on any atom is 0.262 e. The number of ketones is 2. The molecule has 6 nitrogen and oxygen atoms in total. The summed E-state index contributed by atoms with van der Waals surface area (Å²) in [6, 6.07) is 11.0. The van der Waals surface area contributed by atoms with Gasteiger partial charge in [-0.25, -0.2) is 0 Å². The molecule has 3 aliphatic rings. The molecule has 0 atom stereocenters. The number of carbonyl (C=O) groups is 3. The van der Waals surface area contributed by atoms with Crippen molar-refractivity contribution in [3.05, 3.63) is 79.6 Å². The number of ether oxygens (including phenoxy) is 1. The standard InChI is InChI=1S/C33H36BrClN2O4/c1-18-7-9-20(12-22(18)35)36-28(40)17-41-27-10-8-19(11-21(27)34)29-30-23(13-32(2,3)15-25(30)38)37(6)24-14-33(4,5)16-26(39)31(24)29/h7-12,29H,13-17H2,1-6H3,(H,36,40). The van der Waals surface area contributed by atoms with Crippen LogP contribution in [-0.4, -0.2) is 36.0 Å². The molecular formula is C33H36BrClN2O4. The fourth-order valence-corrected chi connectivity index (χ4v) is 7.01. The van der Waals surface area contributed by atoms with Crippen LogP contribution in [0.1, 0.15) is 70.4 Å². The fraction of sp³-hybridized carbons (Fsp3) is 0.424. The van der Waals surface area contributed by atoms with Crippen molar-refractivity contribution in [3.63, 3.8) is 0 Å². The number of anilines is 1. The Bertz CT molecular complexity index is 1480. The molecule has 8 heteroatoms. The monoisotopic (exact) mass is 638 g/mol. The van der Waals surface area contributed by atoms with E-state index in [2.05, 4.69) is 53.8 Å². The summed E-state index contributed by atoms with van der Waals surface area (Å²) < 4.78 is 6.49. The first-order chi connectivity index (χ1) is 19.2. The molecule has 0 radical (unpaired) electrons. The summed E-state index contributed by atoms with van der Waals surface area (Å²) in [5, 5.41) is 3.37. The minimum absolute atomic E-state index is 0.0987. The van der Waals surface area contributed by atoms with E-state index in [1.807, 2.05) is 32.2 Å². The van der Waals surface area contributed by atoms with Crippen LogP contribution in [0.4, 0.5) is 5.69 Å². The van der Waals surface area contributed by atoms with Crippen LogP contribution in [0.3, 0.4) is 0 Å². The summed E-state index contributed by atoms with van der Waals surface area (Å²) in [7, 11) is 2.01. The average molecular weight is 640 g/mol. The minimum atomic E-state index is -0.427. The topological polar surface area (TPSA) is 75.7 Å². The highest BCUT2D eigenvalue weighted by atomic mass is 79.9. The van der Waals surface area contributed by atoms with Gasteiger partial charge in [0.25, 0.3) is 5.91 Å². The zero-order valence-corrected chi connectivity index (χ0v) is 26.8. The van der Waals surface area contributed by atoms with Gasteiger partial charge in [-0.2, -0.15) is 0 Å². The van der Waals surface area contributed by atoms with Crippen molar-refractivity contribution in [3.8, 4) is 5.75 Å². The van der Waals surface area contributed by atoms with Crippen LogP contribution >= 0.6 is 27.5 Å². The first-order valence-electron chi connectivity index (χ1n) is 13.9. The summed E-state index contributed by atoms with van der Waals surface area (Å²) in [6.45, 7) is 10.2. The molecule has 2 aromatic rings. The predicted molar refractivity (Wildman–Crippen MR) is 165 cm³/mol. The smallest absolute Gasteiger partial charge is 0.262 e. The zero-order chi connectivity index (χ0) is 29.9. The molecule has 216 valence electrons. The highest BCUT2D eigenvalue weighted by Gasteiger charge is 2.48. The Kier molecular flexibility index (Phi) is 7.75. The van der Waals surface area contributed by atoms with Crippen LogP contribution in [0.25, 0.3) is 0 Å². The van der Waals surface area contributed by atoms with E-state index in [9.17, 15) is 14.4 Å². The van der Waals surface area contributed by atoms with E-state index in [0.717, 1.165) is 46.5 Å². The van der Waals surface area contributed by atoms with Gasteiger partial charge in [-0.05, 0) is 81.9 Å². The van der Waals surface area contributed by atoms with Crippen molar-refractivity contribution >= 4 is 50.7 Å². The summed E-state index contributed by atoms with van der Waals surface area (Å²) in [5.74, 6) is -0.0485. The van der Waals surface area contributed by atoms with Crippen molar-refractivity contribution < 1.29 is 19.1 Å². The molecule has 2 aliphatic carbocycles. The Morgan fingerprint density at radius 2 is 1.56 bits per heavy atom. The number of benzene rings is 2. The largest absolute Gasteiger partial charge is 0.483 e. The first-order valence-corrected chi connectivity index (χ1v) is 15.1. The van der Waals surface area contributed by atoms with Crippen LogP contribution in [-0.2, 0) is 14.4 Å². The average Bonchev–Trinajstić information content (AvgIpc) is 2.85.